The van der Waals surface area contributed by atoms with Crippen LogP contribution >= 0.6 is 0 Å². The molecule has 4 aromatic carbocycles. The molecule has 0 fully saturated rings. The number of carbonyl (C=O) groups excluding carboxylic acids is 2. The van der Waals surface area contributed by atoms with Gasteiger partial charge in [0.05, 0.1) is 5.92 Å². The van der Waals surface area contributed by atoms with Crippen LogP contribution in [0.4, 0.5) is 11.4 Å². The van der Waals surface area contributed by atoms with Crippen LogP contribution < -0.4 is 10.2 Å². The number of rotatable bonds is 9. The van der Waals surface area contributed by atoms with Crippen molar-refractivity contribution in [1.29, 1.82) is 0 Å². The molecular formula is C34H34N2O2. The lowest BCUT2D eigenvalue weighted by atomic mass is 9.89. The fourth-order valence-electron chi connectivity index (χ4n) is 5.44. The summed E-state index contributed by atoms with van der Waals surface area (Å²) in [6.45, 7) is 4.92. The predicted octanol–water partition coefficient (Wildman–Crippen LogP) is 7.84. The normalized spacial score (nSPS) is 13.5. The highest BCUT2D eigenvalue weighted by atomic mass is 16.2. The van der Waals surface area contributed by atoms with Crippen LogP contribution in [0.3, 0.4) is 0 Å². The molecule has 0 aliphatic heterocycles. The number of unbranched alkanes of at least 4 members (excludes halogenated alkanes) is 1. The molecule has 0 aromatic heterocycles. The van der Waals surface area contributed by atoms with E-state index in [1.54, 1.807) is 12.1 Å². The topological polar surface area (TPSA) is 49.4 Å². The van der Waals surface area contributed by atoms with Crippen LogP contribution in [0, 0.1) is 0 Å². The van der Waals surface area contributed by atoms with Gasteiger partial charge in [-0.15, -0.1) is 0 Å². The molecule has 1 unspecified atom stereocenters. The van der Waals surface area contributed by atoms with Crippen molar-refractivity contribution in [1.82, 2.24) is 0 Å². The summed E-state index contributed by atoms with van der Waals surface area (Å²) >= 11 is 0. The molecule has 0 heterocycles. The van der Waals surface area contributed by atoms with Crippen LogP contribution in [0.5, 0.6) is 0 Å². The van der Waals surface area contributed by atoms with Crippen molar-refractivity contribution in [3.8, 4) is 11.1 Å². The number of nitrogens with zero attached hydrogens (tertiary/aromatic N) is 1. The van der Waals surface area contributed by atoms with Gasteiger partial charge in [0.1, 0.15) is 0 Å². The smallest absolute Gasteiger partial charge is 0.255 e. The second-order valence-corrected chi connectivity index (χ2v) is 9.86. The number of carbonyl (C=O) groups is 2. The van der Waals surface area contributed by atoms with Crippen molar-refractivity contribution in [3.05, 3.63) is 119 Å². The quantitative estimate of drug-likeness (QED) is 0.253. The fraction of sp³-hybridized carbons (Fsp3) is 0.235. The molecule has 4 nitrogen and oxygen atoms in total. The van der Waals surface area contributed by atoms with Crippen molar-refractivity contribution in [2.75, 3.05) is 16.8 Å². The van der Waals surface area contributed by atoms with Gasteiger partial charge in [0, 0.05) is 23.5 Å². The van der Waals surface area contributed by atoms with Gasteiger partial charge in [-0.2, -0.15) is 0 Å². The van der Waals surface area contributed by atoms with Crippen LogP contribution in [0.25, 0.3) is 11.1 Å². The van der Waals surface area contributed by atoms with E-state index in [9.17, 15) is 9.59 Å². The third-order valence-electron chi connectivity index (χ3n) is 7.28. The average molecular weight is 503 g/mol. The molecule has 2 amide bonds. The summed E-state index contributed by atoms with van der Waals surface area (Å²) in [5, 5.41) is 2.95. The standard InChI is InChI=1S/C34H34N2O2/c1-3-5-12-24-15-11-18-29-28-16-9-10-17-30(28)32(31(24)29)34(38)36(23-4-2)27-21-19-26(20-22-27)35-33(37)25-13-7-6-8-14-25/h6-11,13-22,32H,3-5,12,23H2,1-2H3,(H,35,37). The molecule has 4 aromatic rings. The first-order valence-electron chi connectivity index (χ1n) is 13.6. The second kappa shape index (κ2) is 11.5. The molecule has 0 radical (unpaired) electrons. The van der Waals surface area contributed by atoms with Crippen molar-refractivity contribution >= 4 is 23.2 Å². The highest BCUT2D eigenvalue weighted by Crippen LogP contribution is 2.47. The minimum atomic E-state index is -0.321. The first-order valence-corrected chi connectivity index (χ1v) is 13.6. The highest BCUT2D eigenvalue weighted by molar-refractivity contribution is 6.06. The SMILES string of the molecule is CCCCc1cccc2c1C(C(=O)N(CCC)c1ccc(NC(=O)c3ccccc3)cc1)c1ccccc1-2. The van der Waals surface area contributed by atoms with Gasteiger partial charge in [-0.3, -0.25) is 9.59 Å². The Morgan fingerprint density at radius 3 is 2.21 bits per heavy atom. The number of nitrogens with one attached hydrogen (secondary N) is 1. The number of hydrogen-bond acceptors (Lipinski definition) is 2. The molecule has 1 aliphatic carbocycles. The number of fused-ring (bicyclic) bond motifs is 3. The van der Waals surface area contributed by atoms with E-state index >= 15 is 0 Å². The zero-order valence-electron chi connectivity index (χ0n) is 22.1. The zero-order valence-corrected chi connectivity index (χ0v) is 22.1. The van der Waals surface area contributed by atoms with E-state index in [0.29, 0.717) is 17.8 Å². The van der Waals surface area contributed by atoms with Crippen LogP contribution in [0.1, 0.15) is 66.1 Å². The summed E-state index contributed by atoms with van der Waals surface area (Å²) in [6, 6.07) is 31.6. The molecule has 4 heteroatoms. The molecule has 0 spiro atoms. The predicted molar refractivity (Wildman–Crippen MR) is 156 cm³/mol. The second-order valence-electron chi connectivity index (χ2n) is 9.86. The summed E-state index contributed by atoms with van der Waals surface area (Å²) in [5.74, 6) is -0.375. The molecular weight excluding hydrogens is 468 g/mol. The molecule has 5 rings (SSSR count). The summed E-state index contributed by atoms with van der Waals surface area (Å²) in [7, 11) is 0. The van der Waals surface area contributed by atoms with Gasteiger partial charge >= 0.3 is 0 Å². The number of anilines is 2. The minimum absolute atomic E-state index is 0.100. The largest absolute Gasteiger partial charge is 0.322 e. The van der Waals surface area contributed by atoms with Gasteiger partial charge in [-0.05, 0) is 83.5 Å². The lowest BCUT2D eigenvalue weighted by Crippen LogP contribution is -2.36. The summed E-state index contributed by atoms with van der Waals surface area (Å²) in [6.07, 6.45) is 4.03. The monoisotopic (exact) mass is 502 g/mol. The number of hydrogen-bond donors (Lipinski definition) is 1. The van der Waals surface area contributed by atoms with Crippen LogP contribution in [0.2, 0.25) is 0 Å². The number of amides is 2. The Morgan fingerprint density at radius 1 is 0.763 bits per heavy atom. The maximum absolute atomic E-state index is 14.4. The Bertz CT molecular complexity index is 1430. The number of aryl methyl sites for hydroxylation is 1. The molecule has 192 valence electrons. The fourth-order valence-corrected chi connectivity index (χ4v) is 5.44. The summed E-state index contributed by atoms with van der Waals surface area (Å²) in [5.41, 5.74) is 8.02. The maximum atomic E-state index is 14.4. The summed E-state index contributed by atoms with van der Waals surface area (Å²) in [4.78, 5) is 28.9. The minimum Gasteiger partial charge on any atom is -0.322 e. The van der Waals surface area contributed by atoms with E-state index < -0.39 is 0 Å². The highest BCUT2D eigenvalue weighted by Gasteiger charge is 2.37. The molecule has 38 heavy (non-hydrogen) atoms. The van der Waals surface area contributed by atoms with Gasteiger partial charge in [0.15, 0.2) is 0 Å². The van der Waals surface area contributed by atoms with E-state index in [2.05, 4.69) is 55.6 Å². The summed E-state index contributed by atoms with van der Waals surface area (Å²) < 4.78 is 0. The van der Waals surface area contributed by atoms with Gasteiger partial charge in [0.2, 0.25) is 5.91 Å². The molecule has 1 N–H and O–H groups in total. The van der Waals surface area contributed by atoms with Gasteiger partial charge in [-0.1, -0.05) is 80.9 Å². The first kappa shape index (κ1) is 25.5. The Labute approximate surface area is 225 Å². The molecule has 0 bridgehead atoms. The van der Waals surface area contributed by atoms with E-state index in [-0.39, 0.29) is 17.7 Å². The Morgan fingerprint density at radius 2 is 1.47 bits per heavy atom. The Hall–Kier alpha value is -4.18. The average Bonchev–Trinajstić information content (AvgIpc) is 3.30. The maximum Gasteiger partial charge on any atom is 0.255 e. The van der Waals surface area contributed by atoms with Gasteiger partial charge in [-0.25, -0.2) is 0 Å². The van der Waals surface area contributed by atoms with Crippen LogP contribution in [-0.2, 0) is 11.2 Å². The number of benzene rings is 4. The van der Waals surface area contributed by atoms with Crippen molar-refractivity contribution in [3.63, 3.8) is 0 Å². The lowest BCUT2D eigenvalue weighted by Gasteiger charge is -2.27. The molecule has 1 aliphatic rings. The van der Waals surface area contributed by atoms with Crippen molar-refractivity contribution in [2.45, 2.75) is 45.4 Å². The third kappa shape index (κ3) is 4.99. The molecule has 1 atom stereocenters. The van der Waals surface area contributed by atoms with E-state index in [0.717, 1.165) is 42.5 Å². The van der Waals surface area contributed by atoms with Crippen molar-refractivity contribution < 1.29 is 9.59 Å². The van der Waals surface area contributed by atoms with Crippen molar-refractivity contribution in [2.24, 2.45) is 0 Å². The Kier molecular flexibility index (Phi) is 7.69. The Balaban J connectivity index is 1.46. The van der Waals surface area contributed by atoms with Gasteiger partial charge in [0.25, 0.3) is 5.91 Å². The third-order valence-corrected chi connectivity index (χ3v) is 7.28. The lowest BCUT2D eigenvalue weighted by molar-refractivity contribution is -0.119. The van der Waals surface area contributed by atoms with Crippen LogP contribution in [-0.4, -0.2) is 18.4 Å². The first-order chi connectivity index (χ1) is 18.6. The van der Waals surface area contributed by atoms with Gasteiger partial charge < -0.3 is 10.2 Å². The van der Waals surface area contributed by atoms with E-state index in [4.69, 9.17) is 0 Å². The molecule has 0 saturated carbocycles. The van der Waals surface area contributed by atoms with Crippen LogP contribution in [0.15, 0.2) is 97.1 Å². The molecule has 0 saturated heterocycles. The van der Waals surface area contributed by atoms with E-state index in [1.165, 1.54) is 16.7 Å². The zero-order chi connectivity index (χ0) is 26.5. The van der Waals surface area contributed by atoms with E-state index in [1.807, 2.05) is 53.4 Å².